The van der Waals surface area contributed by atoms with Gasteiger partial charge in [-0.05, 0) is 24.6 Å². The number of hydrazone groups is 1. The highest BCUT2D eigenvalue weighted by molar-refractivity contribution is 5.82. The maximum Gasteiger partial charge on any atom is 0.124 e. The van der Waals surface area contributed by atoms with Crippen molar-refractivity contribution in [1.29, 1.82) is 0 Å². The van der Waals surface area contributed by atoms with Gasteiger partial charge in [0.15, 0.2) is 0 Å². The zero-order valence-corrected chi connectivity index (χ0v) is 22.1. The van der Waals surface area contributed by atoms with Crippen LogP contribution in [0.4, 0.5) is 11.4 Å². The Kier molecular flexibility index (Phi) is 7.71. The summed E-state index contributed by atoms with van der Waals surface area (Å²) in [7, 11) is 3.34. The SMILES string of the molecule is COc1cc(OC)cc(N(CCNC(C)C)c2ccc3ncc(C4C=NN(C5CCOC5)C4)nc3c2)c1. The average molecular weight is 505 g/mol. The Morgan fingerprint density at radius 3 is 2.59 bits per heavy atom. The number of ether oxygens (including phenoxy) is 3. The first-order valence-corrected chi connectivity index (χ1v) is 12.9. The number of aromatic nitrogens is 2. The van der Waals surface area contributed by atoms with Crippen molar-refractivity contribution < 1.29 is 14.2 Å². The van der Waals surface area contributed by atoms with Gasteiger partial charge >= 0.3 is 0 Å². The standard InChI is InChI=1S/C28H36N6O3/c1-19(2)29-8-9-33(23-11-24(35-3)14-25(12-23)36-4)21-5-6-26-27(13-21)32-28(16-30-26)20-15-31-34(17-20)22-7-10-37-18-22/h5-6,11-16,19-20,22,29H,7-10,17-18H2,1-4H3. The molecule has 1 fully saturated rings. The van der Waals surface area contributed by atoms with Crippen molar-refractivity contribution in [2.75, 3.05) is 52.0 Å². The Morgan fingerprint density at radius 2 is 1.89 bits per heavy atom. The maximum absolute atomic E-state index is 5.55. The summed E-state index contributed by atoms with van der Waals surface area (Å²) in [6.45, 7) is 8.25. The third kappa shape index (κ3) is 5.78. The van der Waals surface area contributed by atoms with Gasteiger partial charge in [0.1, 0.15) is 11.5 Å². The van der Waals surface area contributed by atoms with Crippen molar-refractivity contribution in [3.63, 3.8) is 0 Å². The van der Waals surface area contributed by atoms with Gasteiger partial charge in [0.05, 0.1) is 49.5 Å². The van der Waals surface area contributed by atoms with Crippen LogP contribution in [0.2, 0.25) is 0 Å². The van der Waals surface area contributed by atoms with Gasteiger partial charge in [0, 0.05) is 74.3 Å². The highest BCUT2D eigenvalue weighted by atomic mass is 16.5. The van der Waals surface area contributed by atoms with Crippen molar-refractivity contribution in [2.45, 2.75) is 38.3 Å². The lowest BCUT2D eigenvalue weighted by atomic mass is 10.1. The van der Waals surface area contributed by atoms with E-state index in [1.54, 1.807) is 14.2 Å². The topological polar surface area (TPSA) is 84.3 Å². The van der Waals surface area contributed by atoms with Crippen LogP contribution in [0.3, 0.4) is 0 Å². The fourth-order valence-corrected chi connectivity index (χ4v) is 4.81. The minimum absolute atomic E-state index is 0.121. The van der Waals surface area contributed by atoms with E-state index in [-0.39, 0.29) is 5.92 Å². The zero-order valence-electron chi connectivity index (χ0n) is 22.1. The fraction of sp³-hybridized carbons (Fsp3) is 0.464. The monoisotopic (exact) mass is 504 g/mol. The molecule has 37 heavy (non-hydrogen) atoms. The molecule has 2 aliphatic heterocycles. The molecule has 9 nitrogen and oxygen atoms in total. The number of nitrogens with one attached hydrogen (secondary N) is 1. The maximum atomic E-state index is 5.55. The van der Waals surface area contributed by atoms with Crippen LogP contribution in [-0.2, 0) is 4.74 Å². The average Bonchev–Trinajstić information content (AvgIpc) is 3.63. The van der Waals surface area contributed by atoms with Gasteiger partial charge in [-0.3, -0.25) is 9.99 Å². The molecule has 0 amide bonds. The first-order valence-electron chi connectivity index (χ1n) is 12.9. The molecule has 196 valence electrons. The van der Waals surface area contributed by atoms with Gasteiger partial charge < -0.3 is 24.4 Å². The Bertz CT molecular complexity index is 1220. The molecule has 0 saturated carbocycles. The van der Waals surface area contributed by atoms with Crippen LogP contribution >= 0.6 is 0 Å². The van der Waals surface area contributed by atoms with Crippen molar-refractivity contribution in [1.82, 2.24) is 20.3 Å². The van der Waals surface area contributed by atoms with E-state index in [0.29, 0.717) is 12.1 Å². The van der Waals surface area contributed by atoms with Crippen LogP contribution < -0.4 is 19.7 Å². The molecule has 1 saturated heterocycles. The molecule has 2 aromatic carbocycles. The van der Waals surface area contributed by atoms with Crippen LogP contribution in [0.15, 0.2) is 47.7 Å². The molecule has 0 spiro atoms. The molecule has 0 aliphatic carbocycles. The zero-order chi connectivity index (χ0) is 25.8. The van der Waals surface area contributed by atoms with E-state index in [4.69, 9.17) is 24.2 Å². The van der Waals surface area contributed by atoms with Gasteiger partial charge in [-0.25, -0.2) is 4.98 Å². The van der Waals surface area contributed by atoms with E-state index in [1.165, 1.54) is 0 Å². The number of hydrogen-bond donors (Lipinski definition) is 1. The largest absolute Gasteiger partial charge is 0.497 e. The number of hydrogen-bond acceptors (Lipinski definition) is 9. The van der Waals surface area contributed by atoms with Crippen molar-refractivity contribution >= 4 is 28.6 Å². The third-order valence-electron chi connectivity index (χ3n) is 6.88. The molecular weight excluding hydrogens is 468 g/mol. The van der Waals surface area contributed by atoms with Gasteiger partial charge in [0.25, 0.3) is 0 Å². The summed E-state index contributed by atoms with van der Waals surface area (Å²) < 4.78 is 16.6. The van der Waals surface area contributed by atoms with E-state index < -0.39 is 0 Å². The minimum Gasteiger partial charge on any atom is -0.497 e. The van der Waals surface area contributed by atoms with Gasteiger partial charge in [-0.1, -0.05) is 13.8 Å². The number of rotatable bonds is 10. The summed E-state index contributed by atoms with van der Waals surface area (Å²) in [4.78, 5) is 12.0. The summed E-state index contributed by atoms with van der Waals surface area (Å²) in [5, 5.41) is 10.3. The summed E-state index contributed by atoms with van der Waals surface area (Å²) in [5.41, 5.74) is 4.69. The second kappa shape index (κ2) is 11.3. The number of nitrogens with zero attached hydrogens (tertiary/aromatic N) is 5. The molecular formula is C28H36N6O3. The minimum atomic E-state index is 0.121. The molecule has 2 unspecified atom stereocenters. The highest BCUT2D eigenvalue weighted by Crippen LogP contribution is 2.34. The first-order chi connectivity index (χ1) is 18.0. The first kappa shape index (κ1) is 25.2. The normalized spacial score (nSPS) is 19.2. The Morgan fingerprint density at radius 1 is 1.08 bits per heavy atom. The van der Waals surface area contributed by atoms with Crippen molar-refractivity contribution in [2.24, 2.45) is 5.10 Å². The van der Waals surface area contributed by atoms with E-state index in [0.717, 1.165) is 78.9 Å². The van der Waals surface area contributed by atoms with E-state index in [1.807, 2.05) is 36.7 Å². The van der Waals surface area contributed by atoms with Crippen molar-refractivity contribution in [3.8, 4) is 11.5 Å². The van der Waals surface area contributed by atoms with Gasteiger partial charge in [-0.2, -0.15) is 5.10 Å². The molecule has 1 aromatic heterocycles. The molecule has 3 heterocycles. The van der Waals surface area contributed by atoms with Crippen LogP contribution in [-0.4, -0.2) is 80.3 Å². The molecule has 5 rings (SSSR count). The Hall–Kier alpha value is -3.43. The predicted molar refractivity (Wildman–Crippen MR) is 146 cm³/mol. The quantitative estimate of drug-likeness (QED) is 0.444. The Labute approximate surface area is 218 Å². The third-order valence-corrected chi connectivity index (χ3v) is 6.88. The lowest BCUT2D eigenvalue weighted by Crippen LogP contribution is -2.32. The highest BCUT2D eigenvalue weighted by Gasteiger charge is 2.29. The summed E-state index contributed by atoms with van der Waals surface area (Å²) in [6, 6.07) is 12.9. The smallest absolute Gasteiger partial charge is 0.124 e. The Balaban J connectivity index is 1.44. The van der Waals surface area contributed by atoms with E-state index >= 15 is 0 Å². The lowest BCUT2D eigenvalue weighted by Gasteiger charge is -2.27. The summed E-state index contributed by atoms with van der Waals surface area (Å²) in [5.74, 6) is 1.61. The van der Waals surface area contributed by atoms with Crippen LogP contribution in [0.25, 0.3) is 11.0 Å². The van der Waals surface area contributed by atoms with Crippen LogP contribution in [0.5, 0.6) is 11.5 Å². The number of benzene rings is 2. The molecule has 9 heteroatoms. The van der Waals surface area contributed by atoms with E-state index in [9.17, 15) is 0 Å². The number of methoxy groups -OCH3 is 2. The molecule has 1 N–H and O–H groups in total. The fourth-order valence-electron chi connectivity index (χ4n) is 4.81. The predicted octanol–water partition coefficient (Wildman–Crippen LogP) is 3.96. The molecule has 0 bridgehead atoms. The van der Waals surface area contributed by atoms with Gasteiger partial charge in [0.2, 0.25) is 0 Å². The molecule has 0 radical (unpaired) electrons. The van der Waals surface area contributed by atoms with Crippen LogP contribution in [0.1, 0.15) is 31.9 Å². The summed E-state index contributed by atoms with van der Waals surface area (Å²) >= 11 is 0. The molecule has 2 aliphatic rings. The summed E-state index contributed by atoms with van der Waals surface area (Å²) in [6.07, 6.45) is 4.89. The van der Waals surface area contributed by atoms with E-state index in [2.05, 4.69) is 46.3 Å². The van der Waals surface area contributed by atoms with Crippen LogP contribution in [0, 0.1) is 0 Å². The molecule has 2 atom stereocenters. The second-order valence-corrected chi connectivity index (χ2v) is 9.81. The number of fused-ring (bicyclic) bond motifs is 1. The van der Waals surface area contributed by atoms with Gasteiger partial charge in [-0.15, -0.1) is 0 Å². The lowest BCUT2D eigenvalue weighted by molar-refractivity contribution is 0.152. The second-order valence-electron chi connectivity index (χ2n) is 9.81. The molecule has 3 aromatic rings. The number of anilines is 2. The van der Waals surface area contributed by atoms with Crippen molar-refractivity contribution in [3.05, 3.63) is 48.3 Å².